The number of rotatable bonds is 5. The highest BCUT2D eigenvalue weighted by Gasteiger charge is 2.33. The van der Waals surface area contributed by atoms with E-state index in [1.807, 2.05) is 0 Å². The summed E-state index contributed by atoms with van der Waals surface area (Å²) in [5.41, 5.74) is 1.48. The molecule has 21 heavy (non-hydrogen) atoms. The maximum Gasteiger partial charge on any atom is 0.0473 e. The molecule has 0 radical (unpaired) electrons. The highest BCUT2D eigenvalue weighted by atomic mass is 15.2. The summed E-state index contributed by atoms with van der Waals surface area (Å²) in [6.45, 7) is 8.32. The van der Waals surface area contributed by atoms with Crippen molar-refractivity contribution in [2.24, 2.45) is 11.8 Å². The Morgan fingerprint density at radius 2 is 2.00 bits per heavy atom. The first-order chi connectivity index (χ1) is 10.3. The molecule has 0 bridgehead atoms. The van der Waals surface area contributed by atoms with Crippen molar-refractivity contribution in [1.29, 1.82) is 0 Å². The second-order valence-electron chi connectivity index (χ2n) is 7.08. The summed E-state index contributed by atoms with van der Waals surface area (Å²) in [5.74, 6) is 1.72. The molecule has 1 aliphatic carbocycles. The van der Waals surface area contributed by atoms with Crippen LogP contribution in [0.3, 0.4) is 0 Å². The molecule has 0 aromatic heterocycles. The van der Waals surface area contributed by atoms with Crippen LogP contribution in [0.25, 0.3) is 0 Å². The average molecular weight is 286 g/mol. The van der Waals surface area contributed by atoms with Gasteiger partial charge in [0, 0.05) is 31.7 Å². The van der Waals surface area contributed by atoms with Gasteiger partial charge in [0.2, 0.25) is 0 Å². The lowest BCUT2D eigenvalue weighted by molar-refractivity contribution is 0.0744. The second-order valence-corrected chi connectivity index (χ2v) is 7.08. The molecule has 3 rings (SSSR count). The van der Waals surface area contributed by atoms with Gasteiger partial charge in [-0.15, -0.1) is 0 Å². The van der Waals surface area contributed by atoms with E-state index in [2.05, 4.69) is 54.4 Å². The first-order valence-corrected chi connectivity index (χ1v) is 8.80. The lowest BCUT2D eigenvalue weighted by Crippen LogP contribution is -2.55. The number of benzene rings is 1. The van der Waals surface area contributed by atoms with Gasteiger partial charge < -0.3 is 5.32 Å². The van der Waals surface area contributed by atoms with Crippen LogP contribution in [-0.4, -0.2) is 30.6 Å². The van der Waals surface area contributed by atoms with Gasteiger partial charge in [-0.25, -0.2) is 0 Å². The summed E-state index contributed by atoms with van der Waals surface area (Å²) in [6.07, 6.45) is 5.60. The van der Waals surface area contributed by atoms with Crippen LogP contribution in [0.5, 0.6) is 0 Å². The molecule has 0 amide bonds. The lowest BCUT2D eigenvalue weighted by atomic mass is 9.83. The van der Waals surface area contributed by atoms with Gasteiger partial charge in [0.25, 0.3) is 0 Å². The van der Waals surface area contributed by atoms with Crippen molar-refractivity contribution in [2.45, 2.75) is 51.6 Å². The quantitative estimate of drug-likeness (QED) is 0.884. The Morgan fingerprint density at radius 3 is 2.62 bits per heavy atom. The molecular weight excluding hydrogens is 256 g/mol. The van der Waals surface area contributed by atoms with Crippen molar-refractivity contribution in [3.05, 3.63) is 35.9 Å². The van der Waals surface area contributed by atoms with E-state index in [0.29, 0.717) is 12.1 Å². The summed E-state index contributed by atoms with van der Waals surface area (Å²) in [5, 5.41) is 3.82. The normalized spacial score (nSPS) is 29.0. The number of hydrogen-bond donors (Lipinski definition) is 1. The first kappa shape index (κ1) is 15.1. The van der Waals surface area contributed by atoms with Crippen LogP contribution in [0.2, 0.25) is 0 Å². The maximum atomic E-state index is 3.82. The molecule has 2 nitrogen and oxygen atoms in total. The zero-order valence-electron chi connectivity index (χ0n) is 13.6. The number of nitrogens with zero attached hydrogens (tertiary/aromatic N) is 1. The summed E-state index contributed by atoms with van der Waals surface area (Å²) >= 11 is 0. The van der Waals surface area contributed by atoms with Crippen LogP contribution in [0.15, 0.2) is 30.3 Å². The topological polar surface area (TPSA) is 15.3 Å². The fourth-order valence-corrected chi connectivity index (χ4v) is 3.71. The Bertz CT molecular complexity index is 426. The van der Waals surface area contributed by atoms with Crippen LogP contribution in [0, 0.1) is 11.8 Å². The highest BCUT2D eigenvalue weighted by Crippen LogP contribution is 2.32. The van der Waals surface area contributed by atoms with Crippen LogP contribution in [0.1, 0.15) is 51.1 Å². The van der Waals surface area contributed by atoms with Gasteiger partial charge in [-0.3, -0.25) is 4.90 Å². The van der Waals surface area contributed by atoms with Crippen molar-refractivity contribution in [1.82, 2.24) is 10.2 Å². The number of nitrogens with one attached hydrogen (secondary N) is 1. The van der Waals surface area contributed by atoms with Gasteiger partial charge in [-0.05, 0) is 30.2 Å². The minimum Gasteiger partial charge on any atom is -0.311 e. The average Bonchev–Trinajstić information content (AvgIpc) is 2.51. The van der Waals surface area contributed by atoms with E-state index < -0.39 is 0 Å². The molecule has 0 spiro atoms. The van der Waals surface area contributed by atoms with Gasteiger partial charge in [-0.2, -0.15) is 0 Å². The van der Waals surface area contributed by atoms with Gasteiger partial charge >= 0.3 is 0 Å². The number of piperazine rings is 1. The highest BCUT2D eigenvalue weighted by molar-refractivity contribution is 5.20. The molecular formula is C19H30N2. The lowest BCUT2D eigenvalue weighted by Gasteiger charge is -2.45. The van der Waals surface area contributed by atoms with Gasteiger partial charge in [-0.1, -0.05) is 57.0 Å². The number of hydrogen-bond acceptors (Lipinski definition) is 2. The third-order valence-electron chi connectivity index (χ3n) is 5.68. The second kappa shape index (κ2) is 6.93. The molecule has 2 fully saturated rings. The largest absolute Gasteiger partial charge is 0.311 e. The van der Waals surface area contributed by atoms with E-state index in [9.17, 15) is 0 Å². The van der Waals surface area contributed by atoms with Crippen molar-refractivity contribution in [3.8, 4) is 0 Å². The summed E-state index contributed by atoms with van der Waals surface area (Å²) < 4.78 is 0. The smallest absolute Gasteiger partial charge is 0.0473 e. The van der Waals surface area contributed by atoms with E-state index in [1.165, 1.54) is 44.3 Å². The molecule has 1 N–H and O–H groups in total. The van der Waals surface area contributed by atoms with Crippen molar-refractivity contribution in [2.75, 3.05) is 19.6 Å². The Balaban J connectivity index is 1.72. The minimum atomic E-state index is 0.562. The predicted octanol–water partition coefficient (Wildman–Crippen LogP) is 3.85. The zero-order valence-corrected chi connectivity index (χ0v) is 13.6. The molecule has 1 aromatic rings. The summed E-state index contributed by atoms with van der Waals surface area (Å²) in [4.78, 5) is 2.77. The first-order valence-electron chi connectivity index (χ1n) is 8.80. The molecule has 1 heterocycles. The van der Waals surface area contributed by atoms with Crippen molar-refractivity contribution < 1.29 is 0 Å². The molecule has 1 aliphatic heterocycles. The molecule has 3 atom stereocenters. The molecule has 1 aromatic carbocycles. The van der Waals surface area contributed by atoms with E-state index in [1.54, 1.807) is 0 Å². The summed E-state index contributed by atoms with van der Waals surface area (Å²) in [6, 6.07) is 12.3. The Kier molecular flexibility index (Phi) is 4.97. The fourth-order valence-electron chi connectivity index (χ4n) is 3.71. The molecule has 1 saturated carbocycles. The van der Waals surface area contributed by atoms with E-state index in [4.69, 9.17) is 0 Å². The molecule has 1 saturated heterocycles. The molecule has 116 valence electrons. The van der Waals surface area contributed by atoms with Crippen molar-refractivity contribution in [3.63, 3.8) is 0 Å². The Morgan fingerprint density at radius 1 is 1.24 bits per heavy atom. The maximum absolute atomic E-state index is 3.82. The van der Waals surface area contributed by atoms with Crippen LogP contribution in [-0.2, 0) is 0 Å². The van der Waals surface area contributed by atoms with Crippen LogP contribution in [0.4, 0.5) is 0 Å². The third kappa shape index (κ3) is 3.49. The fraction of sp³-hybridized carbons (Fsp3) is 0.684. The van der Waals surface area contributed by atoms with Crippen molar-refractivity contribution >= 4 is 0 Å². The standard InChI is InChI=1S/C19H30N2/c1-3-15(2)18-14-21(13-16-8-7-9-16)19(12-20-18)17-10-5-4-6-11-17/h4-6,10-11,15-16,18-20H,3,7-9,12-14H2,1-2H3. The van der Waals surface area contributed by atoms with Gasteiger partial charge in [0.05, 0.1) is 0 Å². The van der Waals surface area contributed by atoms with Gasteiger partial charge in [0.1, 0.15) is 0 Å². The predicted molar refractivity (Wildman–Crippen MR) is 89.3 cm³/mol. The van der Waals surface area contributed by atoms with E-state index in [-0.39, 0.29) is 0 Å². The minimum absolute atomic E-state index is 0.562. The SMILES string of the molecule is CCC(C)C1CN(CC2CCC2)C(c2ccccc2)CN1. The summed E-state index contributed by atoms with van der Waals surface area (Å²) in [7, 11) is 0. The Hall–Kier alpha value is -0.860. The third-order valence-corrected chi connectivity index (χ3v) is 5.68. The van der Waals surface area contributed by atoms with E-state index in [0.717, 1.165) is 18.4 Å². The van der Waals surface area contributed by atoms with E-state index >= 15 is 0 Å². The zero-order chi connectivity index (χ0) is 14.7. The van der Waals surface area contributed by atoms with Crippen LogP contribution >= 0.6 is 0 Å². The van der Waals surface area contributed by atoms with Crippen LogP contribution < -0.4 is 5.32 Å². The molecule has 2 aliphatic rings. The van der Waals surface area contributed by atoms with Gasteiger partial charge in [0.15, 0.2) is 0 Å². The molecule has 3 unspecified atom stereocenters. The Labute approximate surface area is 129 Å². The monoisotopic (exact) mass is 286 g/mol. The molecule has 2 heteroatoms.